The molecule has 0 bridgehead atoms. The Morgan fingerprint density at radius 3 is 0.846 bits per heavy atom. The van der Waals surface area contributed by atoms with Gasteiger partial charge in [-0.25, -0.2) is 0 Å². The molecule has 0 heterocycles. The molecule has 2 nitrogen and oxygen atoms in total. The van der Waals surface area contributed by atoms with E-state index in [1.807, 2.05) is 0 Å². The topological polar surface area (TPSA) is 24.7 Å². The van der Waals surface area contributed by atoms with Gasteiger partial charge >= 0.3 is 0 Å². The van der Waals surface area contributed by atoms with Crippen molar-refractivity contribution in [2.24, 2.45) is 22.0 Å². The first-order valence-corrected chi connectivity index (χ1v) is 11.0. The third kappa shape index (κ3) is 13.5. The zero-order chi connectivity index (χ0) is 16.7. The third-order valence-electron chi connectivity index (χ3n) is 5.92. The van der Waals surface area contributed by atoms with E-state index < -0.39 is 0 Å². The molecule has 4 aliphatic rings. The smallest absolute Gasteiger partial charge is 0.0301 e. The Morgan fingerprint density at radius 2 is 0.615 bits per heavy atom. The van der Waals surface area contributed by atoms with Crippen molar-refractivity contribution in [3.63, 3.8) is 0 Å². The van der Waals surface area contributed by atoms with E-state index in [0.29, 0.717) is 0 Å². The fourth-order valence-corrected chi connectivity index (χ4v) is 4.25. The van der Waals surface area contributed by atoms with Gasteiger partial charge < -0.3 is 0 Å². The molecule has 26 heavy (non-hydrogen) atoms. The van der Waals surface area contributed by atoms with Gasteiger partial charge in [-0.15, -0.1) is 0 Å². The van der Waals surface area contributed by atoms with Crippen molar-refractivity contribution in [1.29, 1.82) is 0 Å². The molecule has 0 atom stereocenters. The molecule has 0 amide bonds. The van der Waals surface area contributed by atoms with Gasteiger partial charge in [-0.2, -0.15) is 10.2 Å². The summed E-state index contributed by atoms with van der Waals surface area (Å²) >= 11 is 0. The van der Waals surface area contributed by atoms with Crippen LogP contribution in [-0.2, 0) is 34.1 Å². The number of rotatable bonds is 3. The van der Waals surface area contributed by atoms with Crippen molar-refractivity contribution in [1.82, 2.24) is 0 Å². The van der Waals surface area contributed by atoms with Crippen LogP contribution in [-0.4, -0.2) is 12.4 Å². The van der Waals surface area contributed by atoms with Gasteiger partial charge in [0.1, 0.15) is 0 Å². The molecule has 154 valence electrons. The van der Waals surface area contributed by atoms with Crippen LogP contribution in [0.4, 0.5) is 0 Å². The first kappa shape index (κ1) is 26.4. The summed E-state index contributed by atoms with van der Waals surface area (Å²) in [7, 11) is 0. The maximum Gasteiger partial charge on any atom is 0.0301 e. The molecule has 4 fully saturated rings. The molecule has 4 heteroatoms. The summed E-state index contributed by atoms with van der Waals surface area (Å²) < 4.78 is 0. The van der Waals surface area contributed by atoms with Crippen LogP contribution in [0.2, 0.25) is 0 Å². The van der Waals surface area contributed by atoms with Gasteiger partial charge in [-0.05, 0) is 37.5 Å². The second-order valence-corrected chi connectivity index (χ2v) is 8.15. The summed E-state index contributed by atoms with van der Waals surface area (Å²) in [6.45, 7) is 0. The Kier molecular flexibility index (Phi) is 19.0. The van der Waals surface area contributed by atoms with E-state index in [1.165, 1.54) is 116 Å². The van der Waals surface area contributed by atoms with Crippen molar-refractivity contribution >= 4 is 12.4 Å². The van der Waals surface area contributed by atoms with Crippen molar-refractivity contribution < 1.29 is 34.1 Å². The van der Waals surface area contributed by atoms with Crippen molar-refractivity contribution in [2.75, 3.05) is 0 Å². The molecule has 0 unspecified atom stereocenters. The summed E-state index contributed by atoms with van der Waals surface area (Å²) in [5.74, 6) is 1.44. The van der Waals surface area contributed by atoms with E-state index in [1.54, 1.807) is 0 Å². The van der Waals surface area contributed by atoms with Crippen LogP contribution < -0.4 is 0 Å². The van der Waals surface area contributed by atoms with Gasteiger partial charge in [-0.3, -0.25) is 0 Å². The zero-order valence-corrected chi connectivity index (χ0v) is 18.8. The van der Waals surface area contributed by atoms with Crippen LogP contribution in [0.5, 0.6) is 0 Å². The molecular formula is C22H40Fe2N2. The molecule has 0 radical (unpaired) electrons. The van der Waals surface area contributed by atoms with Gasteiger partial charge in [0, 0.05) is 46.6 Å². The Bertz CT molecular complexity index is 289. The largest absolute Gasteiger partial charge is 0.164 e. The van der Waals surface area contributed by atoms with E-state index in [-0.39, 0.29) is 34.1 Å². The molecule has 4 rings (SSSR count). The standard InChI is InChI=1S/C12H20N2.2C5H10.2Fe/c1-2-6-11(5-1)9-13-14-10-12-7-3-4-8-12;2*1-2-4-5-3-1;;/h9-12H,1-8H2;2*1-5H2;;/b13-9+,14-10+;;;;. The average molecular weight is 444 g/mol. The normalized spacial score (nSPS) is 23.2. The van der Waals surface area contributed by atoms with Gasteiger partial charge in [0.2, 0.25) is 0 Å². The maximum absolute atomic E-state index is 4.16. The Hall–Kier alpha value is 0.379. The number of nitrogens with zero attached hydrogens (tertiary/aromatic N) is 2. The Labute approximate surface area is 183 Å². The van der Waals surface area contributed by atoms with Crippen molar-refractivity contribution in [2.45, 2.75) is 116 Å². The van der Waals surface area contributed by atoms with E-state index >= 15 is 0 Å². The number of hydrogen-bond acceptors (Lipinski definition) is 2. The van der Waals surface area contributed by atoms with Gasteiger partial charge in [0.05, 0.1) is 0 Å². The predicted octanol–water partition coefficient (Wildman–Crippen LogP) is 7.32. The van der Waals surface area contributed by atoms with Crippen LogP contribution in [0.15, 0.2) is 10.2 Å². The summed E-state index contributed by atoms with van der Waals surface area (Å²) in [5.41, 5.74) is 0. The molecular weight excluding hydrogens is 404 g/mol. The minimum Gasteiger partial charge on any atom is -0.164 e. The third-order valence-corrected chi connectivity index (χ3v) is 5.92. The Balaban J connectivity index is 0.000000432. The Morgan fingerprint density at radius 1 is 0.385 bits per heavy atom. The monoisotopic (exact) mass is 444 g/mol. The fourth-order valence-electron chi connectivity index (χ4n) is 4.25. The van der Waals surface area contributed by atoms with E-state index in [9.17, 15) is 0 Å². The van der Waals surface area contributed by atoms with E-state index in [0.717, 1.165) is 11.8 Å². The molecule has 4 saturated carbocycles. The molecule has 0 spiro atoms. The van der Waals surface area contributed by atoms with Gasteiger partial charge in [0.25, 0.3) is 0 Å². The van der Waals surface area contributed by atoms with Crippen LogP contribution >= 0.6 is 0 Å². The summed E-state index contributed by atoms with van der Waals surface area (Å²) in [5, 5.41) is 8.32. The maximum atomic E-state index is 4.16. The molecule has 0 N–H and O–H groups in total. The molecule has 0 aromatic carbocycles. The van der Waals surface area contributed by atoms with Crippen LogP contribution in [0.25, 0.3) is 0 Å². The van der Waals surface area contributed by atoms with Gasteiger partial charge in [-0.1, -0.05) is 89.9 Å². The van der Waals surface area contributed by atoms with E-state index in [4.69, 9.17) is 0 Å². The molecule has 4 aliphatic carbocycles. The molecule has 0 aromatic rings. The molecule has 0 aliphatic heterocycles. The van der Waals surface area contributed by atoms with Crippen molar-refractivity contribution in [3.05, 3.63) is 0 Å². The molecule has 0 saturated heterocycles. The SMILES string of the molecule is C(=N\N=C\C1CCCC1)/C1CCCC1.C1CCCC1.C1CCCC1.[Fe].[Fe]. The second-order valence-electron chi connectivity index (χ2n) is 8.15. The first-order valence-electron chi connectivity index (χ1n) is 11.0. The quantitative estimate of drug-likeness (QED) is 0.248. The molecule has 0 aromatic heterocycles. The average Bonchev–Trinajstić information content (AvgIpc) is 3.44. The van der Waals surface area contributed by atoms with E-state index in [2.05, 4.69) is 22.6 Å². The second kappa shape index (κ2) is 18.7. The van der Waals surface area contributed by atoms with Gasteiger partial charge in [0.15, 0.2) is 0 Å². The summed E-state index contributed by atoms with van der Waals surface area (Å²) in [4.78, 5) is 0. The van der Waals surface area contributed by atoms with Crippen LogP contribution in [0.3, 0.4) is 0 Å². The number of hydrogen-bond donors (Lipinski definition) is 0. The van der Waals surface area contributed by atoms with Crippen LogP contribution in [0, 0.1) is 11.8 Å². The van der Waals surface area contributed by atoms with Crippen LogP contribution in [0.1, 0.15) is 116 Å². The minimum absolute atomic E-state index is 0. The summed E-state index contributed by atoms with van der Waals surface area (Å²) in [6, 6.07) is 0. The summed E-state index contributed by atoms with van der Waals surface area (Å²) in [6.07, 6.45) is 29.9. The zero-order valence-electron chi connectivity index (χ0n) is 16.6. The fraction of sp³-hybridized carbons (Fsp3) is 0.909. The predicted molar refractivity (Wildman–Crippen MR) is 107 cm³/mol. The first-order chi connectivity index (χ1) is 11.9. The van der Waals surface area contributed by atoms with Crippen molar-refractivity contribution in [3.8, 4) is 0 Å². The minimum atomic E-state index is 0.